The molecule has 0 radical (unpaired) electrons. The van der Waals surface area contributed by atoms with Crippen LogP contribution in [-0.2, 0) is 0 Å². The summed E-state index contributed by atoms with van der Waals surface area (Å²) in [4.78, 5) is 19.4. The summed E-state index contributed by atoms with van der Waals surface area (Å²) in [6, 6.07) is 13.5. The van der Waals surface area contributed by atoms with Crippen molar-refractivity contribution in [2.45, 2.75) is 12.8 Å². The lowest BCUT2D eigenvalue weighted by molar-refractivity contribution is 0.589. The second kappa shape index (κ2) is 5.32. The first-order valence-electron chi connectivity index (χ1n) is 7.52. The summed E-state index contributed by atoms with van der Waals surface area (Å²) in [6.07, 6.45) is 5.29. The fourth-order valence-corrected chi connectivity index (χ4v) is 3.01. The number of aromatic amines is 2. The van der Waals surface area contributed by atoms with Crippen molar-refractivity contribution < 1.29 is 4.42 Å². The van der Waals surface area contributed by atoms with Gasteiger partial charge < -0.3 is 14.4 Å². The van der Waals surface area contributed by atoms with Gasteiger partial charge in [-0.1, -0.05) is 11.6 Å². The lowest BCUT2D eigenvalue weighted by Gasteiger charge is -2.14. The van der Waals surface area contributed by atoms with Crippen LogP contribution in [-0.4, -0.2) is 9.97 Å². The van der Waals surface area contributed by atoms with E-state index in [0.717, 1.165) is 17.0 Å². The minimum Gasteiger partial charge on any atom is -0.464 e. The number of hydrogen-bond donors (Lipinski definition) is 2. The molecule has 0 saturated carbocycles. The minimum absolute atomic E-state index is 0.00384. The lowest BCUT2D eigenvalue weighted by atomic mass is 9.93. The first-order chi connectivity index (χ1) is 11.2. The van der Waals surface area contributed by atoms with Crippen LogP contribution in [0.15, 0.2) is 70.3 Å². The Kier molecular flexibility index (Phi) is 3.15. The Morgan fingerprint density at radius 1 is 1.00 bits per heavy atom. The summed E-state index contributed by atoms with van der Waals surface area (Å²) in [7, 11) is 0. The number of rotatable bonds is 3. The van der Waals surface area contributed by atoms with Crippen molar-refractivity contribution in [3.05, 3.63) is 93.9 Å². The van der Waals surface area contributed by atoms with E-state index in [-0.39, 0.29) is 11.3 Å². The second-order valence-corrected chi connectivity index (χ2v) is 5.70. The van der Waals surface area contributed by atoms with Gasteiger partial charge in [-0.2, -0.15) is 0 Å². The van der Waals surface area contributed by atoms with E-state index in [4.69, 9.17) is 4.42 Å². The molecule has 0 unspecified atom stereocenters. The standard InChI is InChI=1S/C19H16N2O2/c1-12-6-7-17-13(10-12)19(22)14(11-23-17)18(15-4-2-8-20-15)16-5-3-9-21-16/h2-11,18,20-21H,1H3. The molecule has 4 rings (SSSR count). The molecule has 23 heavy (non-hydrogen) atoms. The van der Waals surface area contributed by atoms with Crippen molar-refractivity contribution >= 4 is 11.0 Å². The van der Waals surface area contributed by atoms with Crippen LogP contribution in [0.5, 0.6) is 0 Å². The largest absolute Gasteiger partial charge is 0.464 e. The van der Waals surface area contributed by atoms with E-state index < -0.39 is 0 Å². The Morgan fingerprint density at radius 2 is 1.70 bits per heavy atom. The molecule has 0 atom stereocenters. The van der Waals surface area contributed by atoms with E-state index in [2.05, 4.69) is 9.97 Å². The third-order valence-electron chi connectivity index (χ3n) is 4.13. The van der Waals surface area contributed by atoms with Gasteiger partial charge in [-0.3, -0.25) is 4.79 Å². The Hall–Kier alpha value is -3.01. The number of aryl methyl sites for hydroxylation is 1. The molecule has 4 aromatic rings. The van der Waals surface area contributed by atoms with Crippen LogP contribution >= 0.6 is 0 Å². The molecular formula is C19H16N2O2. The molecule has 3 aromatic heterocycles. The van der Waals surface area contributed by atoms with Crippen LogP contribution in [0.25, 0.3) is 11.0 Å². The fraction of sp³-hybridized carbons (Fsp3) is 0.105. The van der Waals surface area contributed by atoms with Crippen LogP contribution in [0.3, 0.4) is 0 Å². The lowest BCUT2D eigenvalue weighted by Crippen LogP contribution is -2.16. The number of fused-ring (bicyclic) bond motifs is 1. The smallest absolute Gasteiger partial charge is 0.196 e. The average Bonchev–Trinajstić information content (AvgIpc) is 3.25. The van der Waals surface area contributed by atoms with Gasteiger partial charge in [-0.25, -0.2) is 0 Å². The van der Waals surface area contributed by atoms with E-state index in [1.54, 1.807) is 6.26 Å². The summed E-state index contributed by atoms with van der Waals surface area (Å²) in [5, 5.41) is 0.616. The van der Waals surface area contributed by atoms with Crippen LogP contribution in [0, 0.1) is 6.92 Å². The number of H-pyrrole nitrogens is 2. The summed E-state index contributed by atoms with van der Waals surface area (Å²) >= 11 is 0. The monoisotopic (exact) mass is 304 g/mol. The minimum atomic E-state index is -0.207. The SMILES string of the molecule is Cc1ccc2occ(C(c3ccc[nH]3)c3ccc[nH]3)c(=O)c2c1. The van der Waals surface area contributed by atoms with Crippen molar-refractivity contribution in [1.29, 1.82) is 0 Å². The Morgan fingerprint density at radius 3 is 2.30 bits per heavy atom. The highest BCUT2D eigenvalue weighted by Crippen LogP contribution is 2.29. The van der Waals surface area contributed by atoms with E-state index in [1.807, 2.05) is 61.8 Å². The molecule has 114 valence electrons. The molecule has 1 aromatic carbocycles. The molecule has 2 N–H and O–H groups in total. The normalized spacial score (nSPS) is 11.4. The molecule has 4 nitrogen and oxygen atoms in total. The fourth-order valence-electron chi connectivity index (χ4n) is 3.01. The molecule has 3 heterocycles. The van der Waals surface area contributed by atoms with Crippen LogP contribution in [0.4, 0.5) is 0 Å². The van der Waals surface area contributed by atoms with Gasteiger partial charge in [0.25, 0.3) is 0 Å². The van der Waals surface area contributed by atoms with Gasteiger partial charge in [0, 0.05) is 23.8 Å². The molecule has 0 bridgehead atoms. The number of hydrogen-bond acceptors (Lipinski definition) is 2. The van der Waals surface area contributed by atoms with Crippen LogP contribution in [0.1, 0.15) is 28.4 Å². The van der Waals surface area contributed by atoms with Crippen molar-refractivity contribution in [1.82, 2.24) is 9.97 Å². The predicted molar refractivity (Wildman–Crippen MR) is 89.8 cm³/mol. The molecule has 0 aliphatic heterocycles. The quantitative estimate of drug-likeness (QED) is 0.602. The predicted octanol–water partition coefficient (Wildman–Crippen LogP) is 3.94. The van der Waals surface area contributed by atoms with E-state index in [0.29, 0.717) is 16.5 Å². The molecular weight excluding hydrogens is 288 g/mol. The maximum atomic E-state index is 13.0. The Labute approximate surface area is 132 Å². The Balaban J connectivity index is 1.98. The van der Waals surface area contributed by atoms with E-state index >= 15 is 0 Å². The van der Waals surface area contributed by atoms with Gasteiger partial charge in [-0.15, -0.1) is 0 Å². The molecule has 0 aliphatic rings. The first kappa shape index (κ1) is 13.6. The zero-order valence-electron chi connectivity index (χ0n) is 12.7. The zero-order chi connectivity index (χ0) is 15.8. The summed E-state index contributed by atoms with van der Waals surface area (Å²) in [6.45, 7) is 1.97. The third-order valence-corrected chi connectivity index (χ3v) is 4.13. The second-order valence-electron chi connectivity index (χ2n) is 5.70. The summed E-state index contributed by atoms with van der Waals surface area (Å²) in [5.41, 5.74) is 4.18. The summed E-state index contributed by atoms with van der Waals surface area (Å²) < 4.78 is 5.73. The van der Waals surface area contributed by atoms with E-state index in [9.17, 15) is 4.79 Å². The third kappa shape index (κ3) is 2.28. The zero-order valence-corrected chi connectivity index (χ0v) is 12.7. The molecule has 0 amide bonds. The highest BCUT2D eigenvalue weighted by atomic mass is 16.3. The first-order valence-corrected chi connectivity index (χ1v) is 7.52. The number of aromatic nitrogens is 2. The summed E-state index contributed by atoms with van der Waals surface area (Å²) in [5.74, 6) is -0.207. The van der Waals surface area contributed by atoms with Gasteiger partial charge in [-0.05, 0) is 43.3 Å². The number of nitrogens with one attached hydrogen (secondary N) is 2. The molecule has 4 heteroatoms. The maximum Gasteiger partial charge on any atom is 0.196 e. The molecule has 0 fully saturated rings. The topological polar surface area (TPSA) is 61.8 Å². The van der Waals surface area contributed by atoms with E-state index in [1.165, 1.54) is 0 Å². The van der Waals surface area contributed by atoms with Crippen molar-refractivity contribution in [3.63, 3.8) is 0 Å². The van der Waals surface area contributed by atoms with Crippen molar-refractivity contribution in [2.75, 3.05) is 0 Å². The maximum absolute atomic E-state index is 13.0. The van der Waals surface area contributed by atoms with Gasteiger partial charge in [0.15, 0.2) is 5.43 Å². The van der Waals surface area contributed by atoms with Gasteiger partial charge >= 0.3 is 0 Å². The molecule has 0 aliphatic carbocycles. The van der Waals surface area contributed by atoms with Crippen LogP contribution < -0.4 is 5.43 Å². The average molecular weight is 304 g/mol. The van der Waals surface area contributed by atoms with Gasteiger partial charge in [0.1, 0.15) is 5.58 Å². The highest BCUT2D eigenvalue weighted by molar-refractivity contribution is 5.78. The Bertz CT molecular complexity index is 961. The molecule has 0 spiro atoms. The van der Waals surface area contributed by atoms with Crippen molar-refractivity contribution in [3.8, 4) is 0 Å². The van der Waals surface area contributed by atoms with Gasteiger partial charge in [0.05, 0.1) is 23.1 Å². The number of benzene rings is 1. The van der Waals surface area contributed by atoms with Crippen LogP contribution in [0.2, 0.25) is 0 Å². The van der Waals surface area contributed by atoms with Crippen molar-refractivity contribution in [2.24, 2.45) is 0 Å². The molecule has 0 saturated heterocycles. The van der Waals surface area contributed by atoms with Gasteiger partial charge in [0.2, 0.25) is 0 Å². The highest BCUT2D eigenvalue weighted by Gasteiger charge is 2.23.